The van der Waals surface area contributed by atoms with Crippen molar-refractivity contribution in [1.82, 2.24) is 29.4 Å². The highest BCUT2D eigenvalue weighted by molar-refractivity contribution is 7.98. The van der Waals surface area contributed by atoms with Gasteiger partial charge < -0.3 is 0 Å². The van der Waals surface area contributed by atoms with Gasteiger partial charge in [0.25, 0.3) is 5.56 Å². The molecule has 0 radical (unpaired) electrons. The number of fused-ring (bicyclic) bond motifs is 1. The lowest BCUT2D eigenvalue weighted by molar-refractivity contribution is 0.573. The lowest BCUT2D eigenvalue weighted by Crippen LogP contribution is -2.18. The number of thioether (sulfide) groups is 1. The summed E-state index contributed by atoms with van der Waals surface area (Å²) in [6.45, 7) is 2.65. The minimum absolute atomic E-state index is 0.244. The Kier molecular flexibility index (Phi) is 4.52. The summed E-state index contributed by atoms with van der Waals surface area (Å²) in [5.74, 6) is 0.373. The van der Waals surface area contributed by atoms with Crippen LogP contribution in [0.4, 0.5) is 0 Å². The Hall–Kier alpha value is -2.80. The fraction of sp³-hybridized carbons (Fsp3) is 0.357. The molecule has 3 aromatic rings. The van der Waals surface area contributed by atoms with Crippen LogP contribution < -0.4 is 11.2 Å². The van der Waals surface area contributed by atoms with E-state index in [4.69, 9.17) is 5.26 Å². The molecule has 3 aromatic heterocycles. The molecular formula is C14H15N7O2S. The van der Waals surface area contributed by atoms with E-state index in [0.29, 0.717) is 34.4 Å². The molecule has 124 valence electrons. The maximum Gasteiger partial charge on any atom is 0.343 e. The van der Waals surface area contributed by atoms with Gasteiger partial charge in [0.15, 0.2) is 10.8 Å². The molecule has 0 aromatic carbocycles. The Balaban J connectivity index is 1.85. The Morgan fingerprint density at radius 3 is 3.00 bits per heavy atom. The number of nitrogens with one attached hydrogen (secondary N) is 2. The monoisotopic (exact) mass is 345 g/mol. The van der Waals surface area contributed by atoms with Crippen LogP contribution in [-0.4, -0.2) is 29.4 Å². The van der Waals surface area contributed by atoms with E-state index in [1.165, 1.54) is 28.5 Å². The number of rotatable bonds is 6. The zero-order valence-electron chi connectivity index (χ0n) is 12.9. The van der Waals surface area contributed by atoms with Crippen LogP contribution in [0.15, 0.2) is 27.0 Å². The molecule has 0 atom stereocenters. The molecule has 2 N–H and O–H groups in total. The molecule has 0 aliphatic rings. The molecule has 0 aliphatic heterocycles. The Bertz CT molecular complexity index is 1020. The molecule has 10 heteroatoms. The SMILES string of the molecule is CCCCn1c(SCc2cc(=O)n3[nH]cc(C#N)c3n2)n[nH]c1=O. The number of aromatic amines is 2. The van der Waals surface area contributed by atoms with Gasteiger partial charge in [0, 0.05) is 24.6 Å². The first-order valence-electron chi connectivity index (χ1n) is 7.42. The van der Waals surface area contributed by atoms with Gasteiger partial charge in [0.2, 0.25) is 0 Å². The van der Waals surface area contributed by atoms with Crippen molar-refractivity contribution in [3.8, 4) is 6.07 Å². The number of hydrogen-bond donors (Lipinski definition) is 2. The smallest absolute Gasteiger partial charge is 0.295 e. The van der Waals surface area contributed by atoms with Gasteiger partial charge in [-0.1, -0.05) is 25.1 Å². The first-order valence-corrected chi connectivity index (χ1v) is 8.40. The fourth-order valence-electron chi connectivity index (χ4n) is 2.25. The van der Waals surface area contributed by atoms with Crippen molar-refractivity contribution in [1.29, 1.82) is 5.26 Å². The molecular weight excluding hydrogens is 330 g/mol. The lowest BCUT2D eigenvalue weighted by atomic mass is 10.3. The normalized spacial score (nSPS) is 11.0. The minimum Gasteiger partial charge on any atom is -0.295 e. The van der Waals surface area contributed by atoms with Crippen LogP contribution in [-0.2, 0) is 12.3 Å². The molecule has 0 unspecified atom stereocenters. The average Bonchev–Trinajstić information content (AvgIpc) is 3.14. The number of unbranched alkanes of at least 4 members (excludes halogenated alkanes) is 1. The van der Waals surface area contributed by atoms with Gasteiger partial charge in [0.1, 0.15) is 11.6 Å². The summed E-state index contributed by atoms with van der Waals surface area (Å²) < 4.78 is 2.80. The van der Waals surface area contributed by atoms with Crippen LogP contribution in [0.2, 0.25) is 0 Å². The van der Waals surface area contributed by atoms with Crippen LogP contribution in [0.25, 0.3) is 5.65 Å². The van der Waals surface area contributed by atoms with Crippen molar-refractivity contribution in [3.05, 3.63) is 44.4 Å². The Labute approximate surface area is 140 Å². The van der Waals surface area contributed by atoms with E-state index in [2.05, 4.69) is 20.3 Å². The second-order valence-corrected chi connectivity index (χ2v) is 6.09. The van der Waals surface area contributed by atoms with E-state index in [0.717, 1.165) is 12.8 Å². The van der Waals surface area contributed by atoms with Gasteiger partial charge in [-0.3, -0.25) is 14.5 Å². The largest absolute Gasteiger partial charge is 0.343 e. The van der Waals surface area contributed by atoms with E-state index in [9.17, 15) is 9.59 Å². The molecule has 0 spiro atoms. The third-order valence-electron chi connectivity index (χ3n) is 3.48. The van der Waals surface area contributed by atoms with Gasteiger partial charge in [-0.05, 0) is 6.42 Å². The summed E-state index contributed by atoms with van der Waals surface area (Å²) in [6.07, 6.45) is 3.30. The molecule has 3 rings (SSSR count). The summed E-state index contributed by atoms with van der Waals surface area (Å²) >= 11 is 1.32. The number of aromatic nitrogens is 6. The molecule has 0 bridgehead atoms. The molecule has 0 fully saturated rings. The first-order chi connectivity index (χ1) is 11.6. The van der Waals surface area contributed by atoms with Crippen molar-refractivity contribution in [2.45, 2.75) is 37.2 Å². The fourth-order valence-corrected chi connectivity index (χ4v) is 3.12. The van der Waals surface area contributed by atoms with Crippen LogP contribution in [0.3, 0.4) is 0 Å². The maximum atomic E-state index is 12.0. The van der Waals surface area contributed by atoms with Gasteiger partial charge >= 0.3 is 5.69 Å². The zero-order chi connectivity index (χ0) is 17.1. The Morgan fingerprint density at radius 2 is 2.25 bits per heavy atom. The predicted octanol–water partition coefficient (Wildman–Crippen LogP) is 0.871. The number of hydrogen-bond acceptors (Lipinski definition) is 6. The van der Waals surface area contributed by atoms with Gasteiger partial charge in [0.05, 0.1) is 5.69 Å². The average molecular weight is 345 g/mol. The van der Waals surface area contributed by atoms with Crippen LogP contribution in [0.5, 0.6) is 0 Å². The molecule has 0 amide bonds. The van der Waals surface area contributed by atoms with Gasteiger partial charge in [-0.25, -0.2) is 19.4 Å². The topological polar surface area (TPSA) is 125 Å². The summed E-state index contributed by atoms with van der Waals surface area (Å²) in [7, 11) is 0. The second-order valence-electron chi connectivity index (χ2n) is 5.15. The standard InChI is InChI=1S/C14H15N7O2S/c1-2-3-4-20-13(23)18-19-14(20)24-8-10-5-11(22)21-12(17-10)9(6-15)7-16-21/h5,7,16H,2-4,8H2,1H3,(H,18,23). The highest BCUT2D eigenvalue weighted by Gasteiger charge is 2.12. The molecule has 0 saturated carbocycles. The van der Waals surface area contributed by atoms with Crippen molar-refractivity contribution >= 4 is 17.4 Å². The first kappa shape index (κ1) is 16.1. The molecule has 24 heavy (non-hydrogen) atoms. The molecule has 9 nitrogen and oxygen atoms in total. The van der Waals surface area contributed by atoms with E-state index < -0.39 is 0 Å². The number of nitrogens with zero attached hydrogens (tertiary/aromatic N) is 5. The quantitative estimate of drug-likeness (QED) is 0.639. The van der Waals surface area contributed by atoms with Crippen molar-refractivity contribution in [3.63, 3.8) is 0 Å². The summed E-state index contributed by atoms with van der Waals surface area (Å²) in [5, 5.41) is 18.8. The van der Waals surface area contributed by atoms with E-state index in [1.54, 1.807) is 4.57 Å². The van der Waals surface area contributed by atoms with Crippen LogP contribution in [0.1, 0.15) is 31.0 Å². The van der Waals surface area contributed by atoms with Gasteiger partial charge in [-0.15, -0.1) is 5.10 Å². The summed E-state index contributed by atoms with van der Waals surface area (Å²) in [4.78, 5) is 28.1. The van der Waals surface area contributed by atoms with E-state index >= 15 is 0 Å². The van der Waals surface area contributed by atoms with Crippen molar-refractivity contribution in [2.24, 2.45) is 0 Å². The maximum absolute atomic E-state index is 12.0. The Morgan fingerprint density at radius 1 is 1.42 bits per heavy atom. The summed E-state index contributed by atoms with van der Waals surface area (Å²) in [5.41, 5.74) is 0.595. The lowest BCUT2D eigenvalue weighted by Gasteiger charge is -2.04. The van der Waals surface area contributed by atoms with Crippen molar-refractivity contribution in [2.75, 3.05) is 0 Å². The number of H-pyrrole nitrogens is 2. The highest BCUT2D eigenvalue weighted by Crippen LogP contribution is 2.19. The van der Waals surface area contributed by atoms with Crippen LogP contribution in [0, 0.1) is 11.3 Å². The zero-order valence-corrected chi connectivity index (χ0v) is 13.8. The third kappa shape index (κ3) is 2.98. The van der Waals surface area contributed by atoms with Gasteiger partial charge in [-0.2, -0.15) is 5.26 Å². The van der Waals surface area contributed by atoms with Crippen LogP contribution >= 0.6 is 11.8 Å². The molecule has 3 heterocycles. The minimum atomic E-state index is -0.289. The summed E-state index contributed by atoms with van der Waals surface area (Å²) in [6, 6.07) is 3.39. The number of nitriles is 1. The molecule has 0 saturated heterocycles. The highest BCUT2D eigenvalue weighted by atomic mass is 32.2. The second kappa shape index (κ2) is 6.76. The van der Waals surface area contributed by atoms with Crippen molar-refractivity contribution < 1.29 is 0 Å². The third-order valence-corrected chi connectivity index (χ3v) is 4.49. The van der Waals surface area contributed by atoms with E-state index in [1.807, 2.05) is 13.0 Å². The van der Waals surface area contributed by atoms with E-state index in [-0.39, 0.29) is 11.2 Å². The predicted molar refractivity (Wildman–Crippen MR) is 87.8 cm³/mol. The molecule has 0 aliphatic carbocycles.